The van der Waals surface area contributed by atoms with Crippen LogP contribution in [0.25, 0.3) is 77.5 Å². The SMILES string of the molecule is Cc1cc(-c2ccc3c4ccccc4n(C)c3c2)nc(-c2cc(C)cc(-c3ccc4c5ccccc5n(C)c4c3)n2)c1. The van der Waals surface area contributed by atoms with Crippen LogP contribution >= 0.6 is 0 Å². The lowest BCUT2D eigenvalue weighted by molar-refractivity contribution is 1.01. The number of pyridine rings is 2. The van der Waals surface area contributed by atoms with Gasteiger partial charge >= 0.3 is 0 Å². The molecule has 4 aromatic carbocycles. The molecule has 0 radical (unpaired) electrons. The summed E-state index contributed by atoms with van der Waals surface area (Å²) in [7, 11) is 4.27. The molecule has 4 heteroatoms. The topological polar surface area (TPSA) is 35.6 Å². The van der Waals surface area contributed by atoms with Gasteiger partial charge in [-0.1, -0.05) is 60.7 Å². The summed E-state index contributed by atoms with van der Waals surface area (Å²) in [6, 6.07) is 39.1. The number of benzene rings is 4. The number of rotatable bonds is 3. The highest BCUT2D eigenvalue weighted by molar-refractivity contribution is 6.09. The summed E-state index contributed by atoms with van der Waals surface area (Å²) in [4.78, 5) is 10.3. The summed E-state index contributed by atoms with van der Waals surface area (Å²) in [6.07, 6.45) is 0. The monoisotopic (exact) mass is 542 g/mol. The van der Waals surface area contributed by atoms with E-state index in [9.17, 15) is 0 Å². The normalized spacial score (nSPS) is 11.8. The third kappa shape index (κ3) is 3.76. The molecule has 4 nitrogen and oxygen atoms in total. The Bertz CT molecular complexity index is 2180. The first-order valence-corrected chi connectivity index (χ1v) is 14.4. The Morgan fingerprint density at radius 1 is 0.405 bits per heavy atom. The lowest BCUT2D eigenvalue weighted by atomic mass is 10.0. The lowest BCUT2D eigenvalue weighted by Gasteiger charge is -2.11. The van der Waals surface area contributed by atoms with Crippen molar-refractivity contribution in [2.24, 2.45) is 14.1 Å². The molecule has 202 valence electrons. The van der Waals surface area contributed by atoms with Gasteiger partial charge in [0.05, 0.1) is 22.8 Å². The quantitative estimate of drug-likeness (QED) is 0.223. The van der Waals surface area contributed by atoms with E-state index in [4.69, 9.17) is 9.97 Å². The number of nitrogens with zero attached hydrogens (tertiary/aromatic N) is 4. The molecule has 4 aromatic heterocycles. The van der Waals surface area contributed by atoms with Crippen LogP contribution in [-0.4, -0.2) is 19.1 Å². The summed E-state index contributed by atoms with van der Waals surface area (Å²) in [5.41, 5.74) is 13.1. The highest BCUT2D eigenvalue weighted by Gasteiger charge is 2.14. The summed E-state index contributed by atoms with van der Waals surface area (Å²) >= 11 is 0. The minimum absolute atomic E-state index is 0.887. The van der Waals surface area contributed by atoms with Crippen molar-refractivity contribution in [2.45, 2.75) is 13.8 Å². The molecule has 4 heterocycles. The van der Waals surface area contributed by atoms with E-state index in [1.807, 2.05) is 0 Å². The van der Waals surface area contributed by atoms with Gasteiger partial charge in [0.1, 0.15) is 0 Å². The molecule has 8 aromatic rings. The standard InChI is InChI=1S/C38H30N4/c1-23-17-31(25-13-15-29-27-9-5-7-11-35(27)41(3)37(29)21-25)39-33(19-23)34-20-24(2)18-32(40-34)26-14-16-30-28-10-6-8-12-36(28)42(4)38(30)22-26/h5-22H,1-4H3. The Kier molecular flexibility index (Phi) is 5.35. The molecule has 0 aliphatic carbocycles. The van der Waals surface area contributed by atoms with E-state index >= 15 is 0 Å². The third-order valence-electron chi connectivity index (χ3n) is 8.62. The van der Waals surface area contributed by atoms with E-state index in [-0.39, 0.29) is 0 Å². The number of hydrogen-bond acceptors (Lipinski definition) is 2. The van der Waals surface area contributed by atoms with Gasteiger partial charge in [-0.3, -0.25) is 0 Å². The van der Waals surface area contributed by atoms with E-state index in [0.29, 0.717) is 0 Å². The summed E-state index contributed by atoms with van der Waals surface area (Å²) in [5.74, 6) is 0. The number of para-hydroxylation sites is 2. The first-order chi connectivity index (χ1) is 20.4. The van der Waals surface area contributed by atoms with Crippen LogP contribution in [0.5, 0.6) is 0 Å². The zero-order chi connectivity index (χ0) is 28.5. The first kappa shape index (κ1) is 24.6. The van der Waals surface area contributed by atoms with Crippen LogP contribution in [0.1, 0.15) is 11.1 Å². The maximum Gasteiger partial charge on any atom is 0.0896 e. The fourth-order valence-electron chi connectivity index (χ4n) is 6.53. The Hall–Kier alpha value is -5.22. The van der Waals surface area contributed by atoms with Crippen molar-refractivity contribution in [1.82, 2.24) is 19.1 Å². The Balaban J connectivity index is 1.24. The van der Waals surface area contributed by atoms with Crippen molar-refractivity contribution in [3.8, 4) is 33.9 Å². The summed E-state index contributed by atoms with van der Waals surface area (Å²) in [6.45, 7) is 4.27. The number of fused-ring (bicyclic) bond motifs is 6. The van der Waals surface area contributed by atoms with Crippen molar-refractivity contribution in [3.05, 3.63) is 120 Å². The average Bonchev–Trinajstić information content (AvgIpc) is 3.47. The molecule has 0 bridgehead atoms. The van der Waals surface area contributed by atoms with Crippen LogP contribution < -0.4 is 0 Å². The zero-order valence-corrected chi connectivity index (χ0v) is 24.2. The minimum atomic E-state index is 0.887. The fourth-order valence-corrected chi connectivity index (χ4v) is 6.53. The van der Waals surface area contributed by atoms with Crippen LogP contribution in [0.15, 0.2) is 109 Å². The molecule has 0 atom stereocenters. The molecule has 0 saturated heterocycles. The maximum atomic E-state index is 5.16. The molecule has 0 spiro atoms. The molecule has 0 N–H and O–H groups in total. The van der Waals surface area contributed by atoms with Crippen molar-refractivity contribution in [3.63, 3.8) is 0 Å². The van der Waals surface area contributed by atoms with Gasteiger partial charge in [0.15, 0.2) is 0 Å². The predicted molar refractivity (Wildman–Crippen MR) is 176 cm³/mol. The van der Waals surface area contributed by atoms with E-state index in [1.54, 1.807) is 0 Å². The van der Waals surface area contributed by atoms with Gasteiger partial charge in [-0.25, -0.2) is 9.97 Å². The molecule has 0 fully saturated rings. The van der Waals surface area contributed by atoms with Gasteiger partial charge < -0.3 is 9.13 Å². The molecular formula is C38H30N4. The Labute approximate surface area is 244 Å². The van der Waals surface area contributed by atoms with Gasteiger partial charge in [0.25, 0.3) is 0 Å². The largest absolute Gasteiger partial charge is 0.344 e. The van der Waals surface area contributed by atoms with E-state index in [1.165, 1.54) is 43.6 Å². The second-order valence-electron chi connectivity index (χ2n) is 11.4. The lowest BCUT2D eigenvalue weighted by Crippen LogP contribution is -1.96. The smallest absolute Gasteiger partial charge is 0.0896 e. The van der Waals surface area contributed by atoms with E-state index in [2.05, 4.69) is 146 Å². The fraction of sp³-hybridized carbons (Fsp3) is 0.105. The van der Waals surface area contributed by atoms with E-state index < -0.39 is 0 Å². The first-order valence-electron chi connectivity index (χ1n) is 14.4. The van der Waals surface area contributed by atoms with Gasteiger partial charge in [-0.2, -0.15) is 0 Å². The molecular weight excluding hydrogens is 512 g/mol. The van der Waals surface area contributed by atoms with Crippen molar-refractivity contribution in [1.29, 1.82) is 0 Å². The van der Waals surface area contributed by atoms with E-state index in [0.717, 1.165) is 45.0 Å². The van der Waals surface area contributed by atoms with Gasteiger partial charge in [0.2, 0.25) is 0 Å². The molecule has 8 rings (SSSR count). The van der Waals surface area contributed by atoms with Crippen LogP contribution in [0.3, 0.4) is 0 Å². The van der Waals surface area contributed by atoms with Crippen molar-refractivity contribution in [2.75, 3.05) is 0 Å². The average molecular weight is 543 g/mol. The number of aromatic nitrogens is 4. The summed E-state index contributed by atoms with van der Waals surface area (Å²) < 4.78 is 4.54. The third-order valence-corrected chi connectivity index (χ3v) is 8.62. The molecule has 0 amide bonds. The zero-order valence-electron chi connectivity index (χ0n) is 24.2. The molecule has 0 aliphatic rings. The van der Waals surface area contributed by atoms with Crippen LogP contribution in [0, 0.1) is 13.8 Å². The van der Waals surface area contributed by atoms with Crippen molar-refractivity contribution < 1.29 is 0 Å². The molecule has 0 aliphatic heterocycles. The predicted octanol–water partition coefficient (Wildman–Crippen LogP) is 9.38. The van der Waals surface area contributed by atoms with Crippen LogP contribution in [0.2, 0.25) is 0 Å². The molecule has 0 saturated carbocycles. The van der Waals surface area contributed by atoms with Gasteiger partial charge in [0, 0.05) is 68.8 Å². The van der Waals surface area contributed by atoms with Gasteiger partial charge in [-0.15, -0.1) is 0 Å². The number of hydrogen-bond donors (Lipinski definition) is 0. The van der Waals surface area contributed by atoms with Crippen LogP contribution in [-0.2, 0) is 14.1 Å². The maximum absolute atomic E-state index is 5.16. The second kappa shape index (κ2) is 9.15. The molecule has 42 heavy (non-hydrogen) atoms. The Morgan fingerprint density at radius 2 is 0.786 bits per heavy atom. The van der Waals surface area contributed by atoms with Gasteiger partial charge in [-0.05, 0) is 73.5 Å². The highest BCUT2D eigenvalue weighted by Crippen LogP contribution is 2.34. The summed E-state index contributed by atoms with van der Waals surface area (Å²) in [5, 5.41) is 5.07. The van der Waals surface area contributed by atoms with Crippen LogP contribution in [0.4, 0.5) is 0 Å². The van der Waals surface area contributed by atoms with Crippen molar-refractivity contribution >= 4 is 43.6 Å². The Morgan fingerprint density at radius 3 is 1.24 bits per heavy atom. The second-order valence-corrected chi connectivity index (χ2v) is 11.4. The number of aryl methyl sites for hydroxylation is 4. The minimum Gasteiger partial charge on any atom is -0.344 e. The highest BCUT2D eigenvalue weighted by atomic mass is 14.9. The molecule has 0 unspecified atom stereocenters.